The van der Waals surface area contributed by atoms with Gasteiger partial charge in [0.15, 0.2) is 0 Å². The number of nitrogens with zero attached hydrogens (tertiary/aromatic N) is 1. The molecule has 0 radical (unpaired) electrons. The molecule has 21 heavy (non-hydrogen) atoms. The first-order valence-electron chi connectivity index (χ1n) is 7.88. The van der Waals surface area contributed by atoms with Crippen LogP contribution in [0.4, 0.5) is 0 Å². The molecule has 0 heterocycles. The van der Waals surface area contributed by atoms with Crippen molar-refractivity contribution in [2.45, 2.75) is 25.4 Å². The molecule has 1 fully saturated rings. The molecule has 0 aliphatic heterocycles. The maximum Gasteiger partial charge on any atom is 0.0206 e. The van der Waals surface area contributed by atoms with Gasteiger partial charge in [-0.2, -0.15) is 0 Å². The van der Waals surface area contributed by atoms with E-state index < -0.39 is 0 Å². The highest BCUT2D eigenvalue weighted by molar-refractivity contribution is 5.63. The van der Waals surface area contributed by atoms with Crippen molar-refractivity contribution >= 4 is 0 Å². The lowest BCUT2D eigenvalue weighted by atomic mass is 10.0. The fraction of sp³-hybridized carbons (Fsp3) is 0.368. The van der Waals surface area contributed by atoms with Crippen LogP contribution in [0.1, 0.15) is 18.4 Å². The maximum absolute atomic E-state index is 3.53. The van der Waals surface area contributed by atoms with Gasteiger partial charge in [-0.1, -0.05) is 54.6 Å². The molecule has 2 nitrogen and oxygen atoms in total. The molecule has 0 saturated heterocycles. The first-order valence-corrected chi connectivity index (χ1v) is 7.88. The van der Waals surface area contributed by atoms with Gasteiger partial charge in [-0.25, -0.2) is 0 Å². The van der Waals surface area contributed by atoms with Gasteiger partial charge in [0.2, 0.25) is 0 Å². The molecule has 0 amide bonds. The van der Waals surface area contributed by atoms with Crippen molar-refractivity contribution in [2.75, 3.05) is 20.1 Å². The summed E-state index contributed by atoms with van der Waals surface area (Å²) in [6.45, 7) is 3.16. The summed E-state index contributed by atoms with van der Waals surface area (Å²) in [7, 11) is 2.23. The molecule has 110 valence electrons. The molecule has 0 aromatic heterocycles. The Morgan fingerprint density at radius 3 is 2.29 bits per heavy atom. The van der Waals surface area contributed by atoms with Crippen LogP contribution in [0.15, 0.2) is 54.6 Å². The molecule has 3 rings (SSSR count). The van der Waals surface area contributed by atoms with Crippen LogP contribution >= 0.6 is 0 Å². The number of hydrogen-bond donors (Lipinski definition) is 1. The highest BCUT2D eigenvalue weighted by Crippen LogP contribution is 2.24. The van der Waals surface area contributed by atoms with Gasteiger partial charge in [-0.05, 0) is 36.6 Å². The topological polar surface area (TPSA) is 15.3 Å². The minimum atomic E-state index is 0.858. The van der Waals surface area contributed by atoms with Crippen molar-refractivity contribution in [3.8, 4) is 11.1 Å². The third-order valence-corrected chi connectivity index (χ3v) is 4.20. The smallest absolute Gasteiger partial charge is 0.0206 e. The van der Waals surface area contributed by atoms with Gasteiger partial charge in [-0.3, -0.25) is 0 Å². The minimum Gasteiger partial charge on any atom is -0.311 e. The van der Waals surface area contributed by atoms with E-state index >= 15 is 0 Å². The summed E-state index contributed by atoms with van der Waals surface area (Å²) in [5.74, 6) is 0. The highest BCUT2D eigenvalue weighted by atomic mass is 15.2. The Labute approximate surface area is 127 Å². The molecule has 2 aromatic carbocycles. The second-order valence-electron chi connectivity index (χ2n) is 5.95. The Hall–Kier alpha value is -1.64. The Morgan fingerprint density at radius 2 is 1.62 bits per heavy atom. The van der Waals surface area contributed by atoms with Gasteiger partial charge >= 0.3 is 0 Å². The van der Waals surface area contributed by atoms with E-state index in [1.54, 1.807) is 0 Å². The normalized spacial score (nSPS) is 14.6. The number of hydrogen-bond acceptors (Lipinski definition) is 2. The molecule has 1 aliphatic carbocycles. The molecule has 0 atom stereocenters. The van der Waals surface area contributed by atoms with Crippen molar-refractivity contribution < 1.29 is 0 Å². The number of likely N-dealkylation sites (N-methyl/N-ethyl adjacent to an activating group) is 1. The van der Waals surface area contributed by atoms with E-state index in [2.05, 4.69) is 71.9 Å². The summed E-state index contributed by atoms with van der Waals surface area (Å²) in [6, 6.07) is 20.3. The van der Waals surface area contributed by atoms with E-state index in [1.807, 2.05) is 0 Å². The first kappa shape index (κ1) is 14.3. The van der Waals surface area contributed by atoms with Crippen molar-refractivity contribution in [2.24, 2.45) is 0 Å². The summed E-state index contributed by atoms with van der Waals surface area (Å²) in [5.41, 5.74) is 3.92. The van der Waals surface area contributed by atoms with Gasteiger partial charge in [0.25, 0.3) is 0 Å². The molecule has 0 unspecified atom stereocenters. The molecule has 1 saturated carbocycles. The van der Waals surface area contributed by atoms with Crippen molar-refractivity contribution in [3.05, 3.63) is 60.2 Å². The van der Waals surface area contributed by atoms with Crippen LogP contribution < -0.4 is 5.32 Å². The van der Waals surface area contributed by atoms with E-state index in [0.29, 0.717) is 0 Å². The number of nitrogens with one attached hydrogen (secondary N) is 1. The van der Waals surface area contributed by atoms with E-state index in [-0.39, 0.29) is 0 Å². The predicted molar refractivity (Wildman–Crippen MR) is 89.2 cm³/mol. The second kappa shape index (κ2) is 6.88. The lowest BCUT2D eigenvalue weighted by Crippen LogP contribution is -2.30. The SMILES string of the molecule is CN(CCNCc1ccc(-c2ccccc2)cc1)C1CC1. The summed E-state index contributed by atoms with van der Waals surface area (Å²) in [5, 5.41) is 3.53. The zero-order chi connectivity index (χ0) is 14.5. The van der Waals surface area contributed by atoms with Crippen LogP contribution in [0.25, 0.3) is 11.1 Å². The van der Waals surface area contributed by atoms with Gasteiger partial charge in [0.05, 0.1) is 0 Å². The average molecular weight is 280 g/mol. The van der Waals surface area contributed by atoms with E-state index in [4.69, 9.17) is 0 Å². The number of rotatable bonds is 7. The summed E-state index contributed by atoms with van der Waals surface area (Å²) < 4.78 is 0. The average Bonchev–Trinajstić information content (AvgIpc) is 3.38. The van der Waals surface area contributed by atoms with Gasteiger partial charge in [0, 0.05) is 25.7 Å². The van der Waals surface area contributed by atoms with Crippen molar-refractivity contribution in [1.29, 1.82) is 0 Å². The Kier molecular flexibility index (Phi) is 4.69. The Bertz CT molecular complexity index is 544. The first-order chi connectivity index (χ1) is 10.3. The lowest BCUT2D eigenvalue weighted by molar-refractivity contribution is 0.321. The van der Waals surface area contributed by atoms with Gasteiger partial charge in [0.1, 0.15) is 0 Å². The molecule has 2 heteroatoms. The second-order valence-corrected chi connectivity index (χ2v) is 5.95. The molecule has 0 spiro atoms. The minimum absolute atomic E-state index is 0.858. The molecule has 1 aliphatic rings. The fourth-order valence-corrected chi connectivity index (χ4v) is 2.63. The largest absolute Gasteiger partial charge is 0.311 e. The summed E-state index contributed by atoms with van der Waals surface area (Å²) >= 11 is 0. The molecular weight excluding hydrogens is 256 g/mol. The molecule has 1 N–H and O–H groups in total. The van der Waals surface area contributed by atoms with E-state index in [9.17, 15) is 0 Å². The third-order valence-electron chi connectivity index (χ3n) is 4.20. The maximum atomic E-state index is 3.53. The van der Waals surface area contributed by atoms with E-state index in [1.165, 1.54) is 29.5 Å². The standard InChI is InChI=1S/C19H24N2/c1-21(19-11-12-19)14-13-20-15-16-7-9-18(10-8-16)17-5-3-2-4-6-17/h2-10,19-20H,11-15H2,1H3. The predicted octanol–water partition coefficient (Wildman–Crippen LogP) is 3.54. The van der Waals surface area contributed by atoms with Crippen LogP contribution in [0.5, 0.6) is 0 Å². The third kappa shape index (κ3) is 4.16. The summed E-state index contributed by atoms with van der Waals surface area (Å²) in [4.78, 5) is 2.46. The molecule has 2 aromatic rings. The monoisotopic (exact) mass is 280 g/mol. The van der Waals surface area contributed by atoms with Gasteiger partial charge in [-0.15, -0.1) is 0 Å². The summed E-state index contributed by atoms with van der Waals surface area (Å²) in [6.07, 6.45) is 2.77. The van der Waals surface area contributed by atoms with Crippen LogP contribution in [-0.2, 0) is 6.54 Å². The number of benzene rings is 2. The highest BCUT2D eigenvalue weighted by Gasteiger charge is 2.25. The molecular formula is C19H24N2. The van der Waals surface area contributed by atoms with Crippen LogP contribution in [0, 0.1) is 0 Å². The van der Waals surface area contributed by atoms with Crippen molar-refractivity contribution in [3.63, 3.8) is 0 Å². The molecule has 0 bridgehead atoms. The van der Waals surface area contributed by atoms with Crippen LogP contribution in [-0.4, -0.2) is 31.1 Å². The zero-order valence-corrected chi connectivity index (χ0v) is 12.8. The lowest BCUT2D eigenvalue weighted by Gasteiger charge is -2.15. The Morgan fingerprint density at radius 1 is 0.952 bits per heavy atom. The Balaban J connectivity index is 1.46. The zero-order valence-electron chi connectivity index (χ0n) is 12.8. The van der Waals surface area contributed by atoms with Crippen LogP contribution in [0.3, 0.4) is 0 Å². The van der Waals surface area contributed by atoms with Gasteiger partial charge < -0.3 is 10.2 Å². The van der Waals surface area contributed by atoms with E-state index in [0.717, 1.165) is 25.7 Å². The fourth-order valence-electron chi connectivity index (χ4n) is 2.63. The van der Waals surface area contributed by atoms with Crippen molar-refractivity contribution in [1.82, 2.24) is 10.2 Å². The van der Waals surface area contributed by atoms with Crippen LogP contribution in [0.2, 0.25) is 0 Å². The quantitative estimate of drug-likeness (QED) is 0.780.